The molecule has 0 saturated heterocycles. The van der Waals surface area contributed by atoms with Crippen LogP contribution in [0.2, 0.25) is 0 Å². The Morgan fingerprint density at radius 3 is 1.45 bits per heavy atom. The van der Waals surface area contributed by atoms with Crippen LogP contribution in [0.4, 0.5) is 0 Å². The van der Waals surface area contributed by atoms with Crippen molar-refractivity contribution in [2.75, 3.05) is 24.6 Å². The lowest BCUT2D eigenvalue weighted by Gasteiger charge is -1.93. The summed E-state index contributed by atoms with van der Waals surface area (Å²) < 4.78 is 3.19. The van der Waals surface area contributed by atoms with E-state index in [1.54, 1.807) is 21.6 Å². The second kappa shape index (κ2) is 17.3. The van der Waals surface area contributed by atoms with Gasteiger partial charge in [0.15, 0.2) is 0 Å². The summed E-state index contributed by atoms with van der Waals surface area (Å²) in [5, 5.41) is 0. The lowest BCUT2D eigenvalue weighted by molar-refractivity contribution is 0.697. The van der Waals surface area contributed by atoms with Crippen molar-refractivity contribution < 1.29 is 3.84 Å². The van der Waals surface area contributed by atoms with Crippen molar-refractivity contribution in [2.45, 2.75) is 0 Å². The van der Waals surface area contributed by atoms with Gasteiger partial charge in [0.2, 0.25) is 0 Å². The molecule has 0 unspecified atom stereocenters. The largest absolute Gasteiger partial charge is 0.330 e. The number of nitrogens with two attached hydrogens (primary N) is 2. The summed E-state index contributed by atoms with van der Waals surface area (Å²) in [5.74, 6) is 2.06. The van der Waals surface area contributed by atoms with Crippen LogP contribution in [0.15, 0.2) is 0 Å². The van der Waals surface area contributed by atoms with Crippen molar-refractivity contribution in [2.24, 2.45) is 11.5 Å². The molecule has 0 aliphatic carbocycles. The summed E-state index contributed by atoms with van der Waals surface area (Å²) in [6.45, 7) is 1.53. The molecule has 0 fully saturated rings. The monoisotopic (exact) mass is 238 g/mol. The van der Waals surface area contributed by atoms with Gasteiger partial charge in [-0.25, -0.2) is 0 Å². The molecule has 0 amide bonds. The number of hydrogen-bond donors (Lipinski definition) is 2. The lowest BCUT2D eigenvalue weighted by atomic mass is 10.8. The fraction of sp³-hybridized carbons (Fsp3) is 1.00. The van der Waals surface area contributed by atoms with Gasteiger partial charge >= 0.3 is 0 Å². The molecule has 0 atom stereocenters. The average molecular weight is 239 g/mol. The maximum atomic E-state index is 5.25. The topological polar surface area (TPSA) is 61.3 Å². The Bertz CT molecular complexity index is 57.4. The molecule has 0 aromatic rings. The van der Waals surface area contributed by atoms with E-state index in [1.165, 1.54) is 0 Å². The minimum atomic E-state index is 0.766. The number of hydrogen-bond acceptors (Lipinski definition) is 5. The van der Waals surface area contributed by atoms with Gasteiger partial charge in [-0.15, -0.1) is 0 Å². The van der Waals surface area contributed by atoms with Crippen molar-refractivity contribution in [1.82, 2.24) is 0 Å². The highest BCUT2D eigenvalue weighted by Crippen LogP contribution is 2.18. The van der Waals surface area contributed by atoms with Crippen molar-refractivity contribution in [3.8, 4) is 0 Å². The molecule has 0 aromatic heterocycles. The molecule has 11 heavy (non-hydrogen) atoms. The first-order valence-corrected chi connectivity index (χ1v) is 5.97. The Morgan fingerprint density at radius 2 is 1.27 bits per heavy atom. The molecule has 70 valence electrons. The van der Waals surface area contributed by atoms with E-state index in [2.05, 4.69) is 27.6 Å². The maximum Gasteiger partial charge on any atom is 0.0832 e. The Morgan fingerprint density at radius 1 is 1.00 bits per heavy atom. The van der Waals surface area contributed by atoms with Gasteiger partial charge in [0.05, 0.1) is 23.7 Å². The van der Waals surface area contributed by atoms with Crippen molar-refractivity contribution in [3.05, 3.63) is 0 Å². The Hall–Kier alpha value is 1.16. The van der Waals surface area contributed by atoms with Gasteiger partial charge < -0.3 is 11.5 Å². The summed E-state index contributed by atoms with van der Waals surface area (Å²) in [6.07, 6.45) is 0. The molecule has 0 aliphatic heterocycles. The predicted octanol–water partition coefficient (Wildman–Crippen LogP) is 1.60. The number of rotatable bonds is 5. The highest BCUT2D eigenvalue weighted by atomic mass is 35.6. The van der Waals surface area contributed by atoms with Crippen molar-refractivity contribution >= 4 is 45.3 Å². The Labute approximate surface area is 85.2 Å². The van der Waals surface area contributed by atoms with Gasteiger partial charge in [0, 0.05) is 24.6 Å². The van der Waals surface area contributed by atoms with Gasteiger partial charge in [-0.1, -0.05) is 21.6 Å². The molecular weight excluding hydrogens is 227 g/mol. The van der Waals surface area contributed by atoms with Gasteiger partial charge in [0.1, 0.15) is 0 Å². The van der Waals surface area contributed by atoms with E-state index in [4.69, 9.17) is 11.5 Å². The zero-order chi connectivity index (χ0) is 8.95. The second-order valence-electron chi connectivity index (χ2n) is 1.28. The van der Waals surface area contributed by atoms with E-state index in [-0.39, 0.29) is 0 Å². The summed E-state index contributed by atoms with van der Waals surface area (Å²) in [5.41, 5.74) is 10.5. The quantitative estimate of drug-likeness (QED) is 0.563. The van der Waals surface area contributed by atoms with Gasteiger partial charge in [0.25, 0.3) is 0 Å². The zero-order valence-corrected chi connectivity index (χ0v) is 9.11. The Balaban J connectivity index is 0. The van der Waals surface area contributed by atoms with Crippen LogP contribution in [0.3, 0.4) is 0 Å². The standard InChI is InChI=1S/C4H12N2S2.Cl2O/c5-1-3-7-8-4-2-6;1-3-2/h1-6H2;. The molecule has 7 heteroatoms. The SMILES string of the molecule is ClOCl.NCCSSCCN. The molecule has 0 aliphatic rings. The van der Waals surface area contributed by atoms with Crippen LogP contribution in [-0.4, -0.2) is 24.6 Å². The first-order chi connectivity index (χ1) is 5.33. The van der Waals surface area contributed by atoms with E-state index in [0.717, 1.165) is 24.6 Å². The third-order valence-corrected chi connectivity index (χ3v) is 2.96. The predicted molar refractivity (Wildman–Crippen MR) is 55.8 cm³/mol. The Kier molecular flexibility index (Phi) is 23.1. The fourth-order valence-corrected chi connectivity index (χ4v) is 1.93. The van der Waals surface area contributed by atoms with E-state index in [0.29, 0.717) is 0 Å². The van der Waals surface area contributed by atoms with Gasteiger partial charge in [-0.05, 0) is 0 Å². The first-order valence-electron chi connectivity index (χ1n) is 2.87. The van der Waals surface area contributed by atoms with Crippen molar-refractivity contribution in [1.29, 1.82) is 0 Å². The van der Waals surface area contributed by atoms with Crippen LogP contribution < -0.4 is 11.5 Å². The third-order valence-electron chi connectivity index (χ3n) is 0.486. The third kappa shape index (κ3) is 24.7. The molecule has 0 spiro atoms. The van der Waals surface area contributed by atoms with Crippen LogP contribution in [0.25, 0.3) is 0 Å². The molecule has 0 saturated carbocycles. The summed E-state index contributed by atoms with van der Waals surface area (Å²) in [4.78, 5) is 0. The van der Waals surface area contributed by atoms with E-state index in [9.17, 15) is 0 Å². The summed E-state index contributed by atoms with van der Waals surface area (Å²) in [7, 11) is 3.58. The van der Waals surface area contributed by atoms with Crippen LogP contribution in [0.1, 0.15) is 0 Å². The van der Waals surface area contributed by atoms with Gasteiger partial charge in [-0.3, -0.25) is 0 Å². The minimum absolute atomic E-state index is 0.766. The smallest absolute Gasteiger partial charge is 0.0832 e. The van der Waals surface area contributed by atoms with Gasteiger partial charge in [-0.2, -0.15) is 3.84 Å². The zero-order valence-electron chi connectivity index (χ0n) is 5.96. The molecule has 3 nitrogen and oxygen atoms in total. The van der Waals surface area contributed by atoms with Crippen LogP contribution in [0.5, 0.6) is 0 Å². The first kappa shape index (κ1) is 14.7. The van der Waals surface area contributed by atoms with Crippen LogP contribution in [-0.2, 0) is 3.84 Å². The van der Waals surface area contributed by atoms with E-state index in [1.807, 2.05) is 0 Å². The normalized spacial score (nSPS) is 8.73. The van der Waals surface area contributed by atoms with Crippen LogP contribution >= 0.6 is 45.3 Å². The number of halogens is 2. The molecule has 0 radical (unpaired) electrons. The molecule has 0 aromatic carbocycles. The van der Waals surface area contributed by atoms with Crippen molar-refractivity contribution in [3.63, 3.8) is 0 Å². The maximum absolute atomic E-state index is 5.25. The summed E-state index contributed by atoms with van der Waals surface area (Å²) in [6, 6.07) is 0. The van der Waals surface area contributed by atoms with E-state index >= 15 is 0 Å². The fourth-order valence-electron chi connectivity index (χ4n) is 0.214. The van der Waals surface area contributed by atoms with E-state index < -0.39 is 0 Å². The average Bonchev–Trinajstić information content (AvgIpc) is 2.00. The highest BCUT2D eigenvalue weighted by molar-refractivity contribution is 8.76. The molecular formula is C4H12Cl2N2OS2. The van der Waals surface area contributed by atoms with Crippen LogP contribution in [0, 0.1) is 0 Å². The molecule has 0 heterocycles. The molecule has 0 bridgehead atoms. The highest BCUT2D eigenvalue weighted by Gasteiger charge is 1.84. The molecule has 4 N–H and O–H groups in total. The minimum Gasteiger partial charge on any atom is -0.330 e. The lowest BCUT2D eigenvalue weighted by Crippen LogP contribution is -2.02. The molecule has 0 rings (SSSR count). The summed E-state index contributed by atoms with van der Waals surface area (Å²) >= 11 is 8.53. The second-order valence-corrected chi connectivity index (χ2v) is 4.45.